The zero-order valence-electron chi connectivity index (χ0n) is 15.3. The molecule has 31 heavy (non-hydrogen) atoms. The van der Waals surface area contributed by atoms with Gasteiger partial charge in [0.25, 0.3) is 0 Å². The Morgan fingerprint density at radius 1 is 0.613 bits per heavy atom. The van der Waals surface area contributed by atoms with Crippen molar-refractivity contribution in [3.8, 4) is 0 Å². The third-order valence-corrected chi connectivity index (χ3v) is 6.45. The molecule has 0 aliphatic rings. The Morgan fingerprint density at radius 2 is 0.968 bits per heavy atom. The number of rotatable bonds is 11. The molecule has 2 nitrogen and oxygen atoms in total. The first-order valence-corrected chi connectivity index (χ1v) is 10.9. The van der Waals surface area contributed by atoms with Crippen LogP contribution in [0.3, 0.4) is 0 Å². The predicted molar refractivity (Wildman–Crippen MR) is 74.1 cm³/mol. The van der Waals surface area contributed by atoms with Gasteiger partial charge in [0.2, 0.25) is 0 Å². The maximum absolute atomic E-state index is 13.7. The molecule has 0 atom stereocenters. The molecule has 0 bridgehead atoms. The maximum atomic E-state index is 13.7. The lowest BCUT2D eigenvalue weighted by atomic mass is 9.90. The van der Waals surface area contributed by atoms with Gasteiger partial charge < -0.3 is 4.43 Å². The van der Waals surface area contributed by atoms with Crippen LogP contribution < -0.4 is 0 Å². The van der Waals surface area contributed by atoms with E-state index in [2.05, 4.69) is 0 Å². The Balaban J connectivity index is 6.15. The summed E-state index contributed by atoms with van der Waals surface area (Å²) in [6, 6.07) is -1.23. The van der Waals surface area contributed by atoms with Crippen molar-refractivity contribution in [2.24, 2.45) is 0 Å². The van der Waals surface area contributed by atoms with Crippen LogP contribution in [0, 0.1) is 0 Å². The molecule has 0 amide bonds. The van der Waals surface area contributed by atoms with E-state index in [1.807, 2.05) is 0 Å². The van der Waals surface area contributed by atoms with Crippen molar-refractivity contribution in [1.29, 1.82) is 0 Å². The highest BCUT2D eigenvalue weighted by Crippen LogP contribution is 2.62. The van der Waals surface area contributed by atoms with Crippen molar-refractivity contribution < 1.29 is 75.4 Å². The van der Waals surface area contributed by atoms with Gasteiger partial charge >= 0.3 is 41.7 Å². The number of halogens is 15. The maximum Gasteiger partial charge on any atom is 0.460 e. The van der Waals surface area contributed by atoms with Crippen molar-refractivity contribution in [3.63, 3.8) is 0 Å². The van der Waals surface area contributed by atoms with Crippen LogP contribution in [0.2, 0.25) is 19.1 Å². The Morgan fingerprint density at radius 3 is 1.32 bits per heavy atom. The van der Waals surface area contributed by atoms with Gasteiger partial charge in [-0.2, -0.15) is 65.9 Å². The van der Waals surface area contributed by atoms with Crippen molar-refractivity contribution in [2.75, 3.05) is 13.2 Å². The van der Waals surface area contributed by atoms with Crippen LogP contribution in [0.5, 0.6) is 0 Å². The molecule has 0 N–H and O–H groups in total. The molecule has 187 valence electrons. The monoisotopic (exact) mass is 515 g/mol. The molecule has 0 aliphatic heterocycles. The molecule has 0 fully saturated rings. The van der Waals surface area contributed by atoms with E-state index in [0.29, 0.717) is 0 Å². The molecule has 0 saturated heterocycles. The van der Waals surface area contributed by atoms with E-state index in [0.717, 1.165) is 13.1 Å². The molecule has 0 unspecified atom stereocenters. The van der Waals surface area contributed by atoms with E-state index in [1.54, 1.807) is 0 Å². The lowest BCUT2D eigenvalue weighted by Crippen LogP contribution is -2.72. The molecule has 0 spiro atoms. The van der Waals surface area contributed by atoms with Gasteiger partial charge in [-0.3, -0.25) is 0 Å². The highest BCUT2D eigenvalue weighted by molar-refractivity contribution is 6.71. The fourth-order valence-electron chi connectivity index (χ4n) is 2.00. The molecule has 0 rings (SSSR count). The zero-order chi connectivity index (χ0) is 25.5. The molecular formula is C13H14F15O2Si. The lowest BCUT2D eigenvalue weighted by Gasteiger charge is -2.41. The van der Waals surface area contributed by atoms with Gasteiger partial charge in [-0.25, -0.2) is 5.11 Å². The normalized spacial score (nSPS) is 16.1. The van der Waals surface area contributed by atoms with Gasteiger partial charge in [-0.15, -0.1) is 0 Å². The van der Waals surface area contributed by atoms with Gasteiger partial charge in [-0.05, 0) is 19.1 Å². The second-order valence-corrected chi connectivity index (χ2v) is 11.2. The zero-order valence-corrected chi connectivity index (χ0v) is 16.3. The number of hydrogen-bond donors (Lipinski definition) is 0. The molecule has 0 saturated carbocycles. The molecule has 1 radical (unpaired) electrons. The predicted octanol–water partition coefficient (Wildman–Crippen LogP) is 6.40. The van der Waals surface area contributed by atoms with Crippen LogP contribution in [0.1, 0.15) is 6.42 Å². The highest BCUT2D eigenvalue weighted by atomic mass is 28.4. The third kappa shape index (κ3) is 5.04. The van der Waals surface area contributed by atoms with Gasteiger partial charge in [0.05, 0.1) is 6.61 Å². The van der Waals surface area contributed by atoms with E-state index >= 15 is 0 Å². The van der Waals surface area contributed by atoms with Crippen LogP contribution in [0.15, 0.2) is 0 Å². The van der Waals surface area contributed by atoms with Gasteiger partial charge in [0.15, 0.2) is 8.32 Å². The minimum atomic E-state index is -8.28. The minimum absolute atomic E-state index is 0.631. The highest BCUT2D eigenvalue weighted by Gasteiger charge is 2.93. The minimum Gasteiger partial charge on any atom is -0.415 e. The molecule has 18 heteroatoms. The summed E-state index contributed by atoms with van der Waals surface area (Å²) in [7, 11) is -3.47. The number of alkyl halides is 15. The van der Waals surface area contributed by atoms with Gasteiger partial charge in [0, 0.05) is 6.42 Å². The Labute approximate surface area is 165 Å². The lowest BCUT2D eigenvalue weighted by molar-refractivity contribution is -0.452. The summed E-state index contributed by atoms with van der Waals surface area (Å²) in [6.07, 6.45) is -10.0. The Bertz CT molecular complexity index is 615. The third-order valence-electron chi connectivity index (χ3n) is 4.01. The van der Waals surface area contributed by atoms with Crippen molar-refractivity contribution in [3.05, 3.63) is 0 Å². The Kier molecular flexibility index (Phi) is 8.21. The van der Waals surface area contributed by atoms with E-state index < -0.39 is 75.7 Å². The SMILES string of the molecule is C[Si](C)(CCC(F)(F)C(F)(F)C(F)(F)C(F)(F)C(F)(F)C(F)(F)C(F)(F)F)OCC[O]. The first kappa shape index (κ1) is 30.1. The summed E-state index contributed by atoms with van der Waals surface area (Å²) in [5.74, 6) is -46.4. The first-order valence-electron chi connectivity index (χ1n) is 7.82. The summed E-state index contributed by atoms with van der Waals surface area (Å²) in [5, 5.41) is 10.3. The fraction of sp³-hybridized carbons (Fsp3) is 1.00. The van der Waals surface area contributed by atoms with E-state index in [4.69, 9.17) is 4.43 Å². The van der Waals surface area contributed by atoms with Crippen LogP contribution in [0.25, 0.3) is 0 Å². The standard InChI is InChI=1S/C13H14F15O2Si/c1-31(2,30-5-4-29)6-3-7(14,15)8(16,17)9(18,19)10(20,21)11(22,23)12(24,25)13(26,27)28/h3-6H2,1-2H3. The van der Waals surface area contributed by atoms with Crippen molar-refractivity contribution in [1.82, 2.24) is 0 Å². The van der Waals surface area contributed by atoms with Gasteiger partial charge in [0.1, 0.15) is 6.61 Å². The largest absolute Gasteiger partial charge is 0.460 e. The van der Waals surface area contributed by atoms with Crippen molar-refractivity contribution in [2.45, 2.75) is 67.3 Å². The first-order chi connectivity index (χ1) is 13.3. The quantitative estimate of drug-likeness (QED) is 0.231. The molecule has 0 aliphatic carbocycles. The van der Waals surface area contributed by atoms with E-state index in [-0.39, 0.29) is 0 Å². The van der Waals surface area contributed by atoms with Crippen molar-refractivity contribution >= 4 is 8.32 Å². The summed E-state index contributed by atoms with van der Waals surface area (Å²) < 4.78 is 200. The second kappa shape index (κ2) is 8.46. The van der Waals surface area contributed by atoms with E-state index in [1.165, 1.54) is 0 Å². The van der Waals surface area contributed by atoms with Crippen LogP contribution in [0.4, 0.5) is 65.9 Å². The number of hydrogen-bond acceptors (Lipinski definition) is 1. The van der Waals surface area contributed by atoms with Gasteiger partial charge in [-0.1, -0.05) is 0 Å². The Hall–Kier alpha value is -0.913. The molecule has 0 aromatic rings. The molecule has 0 aromatic heterocycles. The van der Waals surface area contributed by atoms with E-state index in [9.17, 15) is 71.0 Å². The summed E-state index contributed by atoms with van der Waals surface area (Å²) >= 11 is 0. The molecule has 0 aromatic carbocycles. The average molecular weight is 515 g/mol. The topological polar surface area (TPSA) is 29.1 Å². The summed E-state index contributed by atoms with van der Waals surface area (Å²) in [4.78, 5) is 0. The average Bonchev–Trinajstić information content (AvgIpc) is 2.56. The fourth-order valence-corrected chi connectivity index (χ4v) is 3.70. The molecular weight excluding hydrogens is 501 g/mol. The van der Waals surface area contributed by atoms with Crippen LogP contribution >= 0.6 is 0 Å². The summed E-state index contributed by atoms with van der Waals surface area (Å²) in [5.41, 5.74) is 0. The summed E-state index contributed by atoms with van der Waals surface area (Å²) in [6.45, 7) is 0.438. The van der Waals surface area contributed by atoms with Crippen LogP contribution in [-0.4, -0.2) is 63.2 Å². The van der Waals surface area contributed by atoms with Crippen LogP contribution in [-0.2, 0) is 9.53 Å². The molecule has 0 heterocycles. The second-order valence-electron chi connectivity index (χ2n) is 6.89. The smallest absolute Gasteiger partial charge is 0.415 e.